The number of nitrogens with two attached hydrogens (primary N) is 1. The number of aromatic nitrogens is 2. The van der Waals surface area contributed by atoms with Crippen LogP contribution in [0.1, 0.15) is 0 Å². The molecule has 9 heteroatoms. The normalized spacial score (nSPS) is 20.9. The van der Waals surface area contributed by atoms with Crippen LogP contribution in [0.4, 0.5) is 5.82 Å². The van der Waals surface area contributed by atoms with Gasteiger partial charge < -0.3 is 15.6 Å². The van der Waals surface area contributed by atoms with Crippen molar-refractivity contribution in [2.75, 3.05) is 32.0 Å². The predicted molar refractivity (Wildman–Crippen MR) is 75.2 cm³/mol. The molecule has 1 fully saturated rings. The Hall–Kier alpha value is -1.68. The largest absolute Gasteiger partial charge is 0.394 e. The first-order chi connectivity index (χ1) is 10.0. The highest BCUT2D eigenvalue weighted by Gasteiger charge is 2.34. The first-order valence-corrected chi connectivity index (χ1v) is 7.93. The number of ether oxygens (including phenoxy) is 1. The van der Waals surface area contributed by atoms with E-state index < -0.39 is 16.1 Å². The molecule has 1 unspecified atom stereocenters. The molecule has 0 radical (unpaired) electrons. The Morgan fingerprint density at radius 1 is 1.48 bits per heavy atom. The standard InChI is InChI=1S/C12H16N4O4S/c13-11-12(16-4-2-1-3-10(16)14-11)21(18,19)15-5-6-20-9(7-15)8-17/h1-4,9,17H,5-8,13H2. The van der Waals surface area contributed by atoms with Crippen LogP contribution < -0.4 is 5.73 Å². The van der Waals surface area contributed by atoms with Gasteiger partial charge in [0, 0.05) is 19.3 Å². The number of fused-ring (bicyclic) bond motifs is 1. The Kier molecular flexibility index (Phi) is 3.57. The van der Waals surface area contributed by atoms with Crippen LogP contribution in [-0.4, -0.2) is 59.6 Å². The van der Waals surface area contributed by atoms with Crippen LogP contribution >= 0.6 is 0 Å². The number of hydrogen-bond acceptors (Lipinski definition) is 6. The summed E-state index contributed by atoms with van der Waals surface area (Å²) >= 11 is 0. The molecule has 1 saturated heterocycles. The molecule has 1 aliphatic rings. The second-order valence-corrected chi connectivity index (χ2v) is 6.62. The average molecular weight is 312 g/mol. The van der Waals surface area contributed by atoms with Gasteiger partial charge in [-0.05, 0) is 12.1 Å². The van der Waals surface area contributed by atoms with Crippen molar-refractivity contribution in [2.45, 2.75) is 11.1 Å². The zero-order chi connectivity index (χ0) is 15.0. The van der Waals surface area contributed by atoms with Crippen LogP contribution in [0.15, 0.2) is 29.4 Å². The van der Waals surface area contributed by atoms with Crippen LogP contribution in [0.5, 0.6) is 0 Å². The zero-order valence-corrected chi connectivity index (χ0v) is 12.0. The second-order valence-electron chi connectivity index (χ2n) is 4.77. The van der Waals surface area contributed by atoms with E-state index in [1.54, 1.807) is 24.4 Å². The molecule has 0 amide bonds. The van der Waals surface area contributed by atoms with E-state index in [-0.39, 0.29) is 37.1 Å². The number of nitrogen functional groups attached to an aromatic ring is 1. The highest BCUT2D eigenvalue weighted by atomic mass is 32.2. The first kappa shape index (κ1) is 14.3. The Bertz CT molecular complexity index is 758. The number of aliphatic hydroxyl groups is 1. The lowest BCUT2D eigenvalue weighted by molar-refractivity contribution is -0.0305. The van der Waals surface area contributed by atoms with Crippen molar-refractivity contribution in [1.82, 2.24) is 13.7 Å². The van der Waals surface area contributed by atoms with Gasteiger partial charge in [0.05, 0.1) is 19.3 Å². The molecule has 3 rings (SSSR count). The van der Waals surface area contributed by atoms with E-state index in [1.807, 2.05) is 0 Å². The molecule has 1 aliphatic heterocycles. The molecular weight excluding hydrogens is 296 g/mol. The molecule has 1 atom stereocenters. The number of pyridine rings is 1. The van der Waals surface area contributed by atoms with Crippen molar-refractivity contribution < 1.29 is 18.3 Å². The Labute approximate surface area is 121 Å². The summed E-state index contributed by atoms with van der Waals surface area (Å²) in [5.41, 5.74) is 6.27. The molecule has 2 aromatic heterocycles. The fourth-order valence-corrected chi connectivity index (χ4v) is 4.03. The summed E-state index contributed by atoms with van der Waals surface area (Å²) in [5, 5.41) is 9.10. The minimum Gasteiger partial charge on any atom is -0.394 e. The van der Waals surface area contributed by atoms with Gasteiger partial charge in [-0.15, -0.1) is 0 Å². The van der Waals surface area contributed by atoms with E-state index in [0.29, 0.717) is 5.65 Å². The van der Waals surface area contributed by atoms with Crippen molar-refractivity contribution in [3.05, 3.63) is 24.4 Å². The fraction of sp³-hybridized carbons (Fsp3) is 0.417. The fourth-order valence-electron chi connectivity index (χ4n) is 2.39. The summed E-state index contributed by atoms with van der Waals surface area (Å²) in [4.78, 5) is 4.07. The molecule has 114 valence electrons. The monoisotopic (exact) mass is 312 g/mol. The summed E-state index contributed by atoms with van der Waals surface area (Å²) < 4.78 is 33.6. The number of sulfonamides is 1. The maximum atomic E-state index is 12.8. The highest BCUT2D eigenvalue weighted by Crippen LogP contribution is 2.25. The number of morpholine rings is 1. The minimum absolute atomic E-state index is 0.0340. The Morgan fingerprint density at radius 2 is 2.29 bits per heavy atom. The van der Waals surface area contributed by atoms with E-state index in [4.69, 9.17) is 15.6 Å². The molecular formula is C12H16N4O4S. The lowest BCUT2D eigenvalue weighted by Crippen LogP contribution is -2.47. The zero-order valence-electron chi connectivity index (χ0n) is 11.2. The number of imidazole rings is 1. The van der Waals surface area contributed by atoms with Gasteiger partial charge in [0.15, 0.2) is 10.8 Å². The van der Waals surface area contributed by atoms with Crippen LogP contribution in [0.25, 0.3) is 5.65 Å². The molecule has 0 bridgehead atoms. The van der Waals surface area contributed by atoms with Crippen molar-refractivity contribution in [3.63, 3.8) is 0 Å². The second kappa shape index (κ2) is 5.26. The quantitative estimate of drug-likeness (QED) is 0.775. The Balaban J connectivity index is 2.06. The van der Waals surface area contributed by atoms with Gasteiger partial charge >= 0.3 is 0 Å². The van der Waals surface area contributed by atoms with Crippen molar-refractivity contribution in [3.8, 4) is 0 Å². The lowest BCUT2D eigenvalue weighted by atomic mass is 10.3. The Morgan fingerprint density at radius 3 is 3.05 bits per heavy atom. The van der Waals surface area contributed by atoms with Crippen molar-refractivity contribution in [2.24, 2.45) is 0 Å². The van der Waals surface area contributed by atoms with Crippen LogP contribution in [0.3, 0.4) is 0 Å². The van der Waals surface area contributed by atoms with Gasteiger partial charge in [0.2, 0.25) is 0 Å². The molecule has 0 aliphatic carbocycles. The maximum Gasteiger partial charge on any atom is 0.263 e. The number of anilines is 1. The molecule has 0 saturated carbocycles. The topological polar surface area (TPSA) is 110 Å². The third-order valence-electron chi connectivity index (χ3n) is 3.40. The SMILES string of the molecule is Nc1nc2ccccn2c1S(=O)(=O)N1CCOC(CO)C1. The molecule has 0 spiro atoms. The highest BCUT2D eigenvalue weighted by molar-refractivity contribution is 7.89. The van der Waals surface area contributed by atoms with E-state index in [2.05, 4.69) is 4.98 Å². The molecule has 8 nitrogen and oxygen atoms in total. The third-order valence-corrected chi connectivity index (χ3v) is 5.31. The first-order valence-electron chi connectivity index (χ1n) is 6.49. The smallest absolute Gasteiger partial charge is 0.263 e. The van der Waals surface area contributed by atoms with E-state index in [1.165, 1.54) is 8.71 Å². The van der Waals surface area contributed by atoms with E-state index in [0.717, 1.165) is 0 Å². The van der Waals surface area contributed by atoms with Gasteiger partial charge in [-0.25, -0.2) is 13.4 Å². The summed E-state index contributed by atoms with van der Waals surface area (Å²) in [5.74, 6) is -0.0340. The molecule has 0 aromatic carbocycles. The van der Waals surface area contributed by atoms with Crippen LogP contribution in [0.2, 0.25) is 0 Å². The van der Waals surface area contributed by atoms with Gasteiger partial charge in [-0.3, -0.25) is 4.40 Å². The number of hydrogen-bond donors (Lipinski definition) is 2. The van der Waals surface area contributed by atoms with Gasteiger partial charge in [0.25, 0.3) is 10.0 Å². The maximum absolute atomic E-state index is 12.8. The number of rotatable bonds is 3. The van der Waals surface area contributed by atoms with Crippen LogP contribution in [-0.2, 0) is 14.8 Å². The van der Waals surface area contributed by atoms with Crippen molar-refractivity contribution in [1.29, 1.82) is 0 Å². The molecule has 3 heterocycles. The number of aliphatic hydroxyl groups excluding tert-OH is 1. The average Bonchev–Trinajstić information content (AvgIpc) is 2.83. The van der Waals surface area contributed by atoms with Gasteiger partial charge in [-0.2, -0.15) is 4.31 Å². The lowest BCUT2D eigenvalue weighted by Gasteiger charge is -2.30. The van der Waals surface area contributed by atoms with Gasteiger partial charge in [0.1, 0.15) is 5.65 Å². The van der Waals surface area contributed by atoms with E-state index >= 15 is 0 Å². The predicted octanol–water partition coefficient (Wildman–Crippen LogP) is -0.702. The number of nitrogens with zero attached hydrogens (tertiary/aromatic N) is 3. The van der Waals surface area contributed by atoms with E-state index in [9.17, 15) is 8.42 Å². The summed E-state index contributed by atoms with van der Waals surface area (Å²) in [7, 11) is -3.80. The van der Waals surface area contributed by atoms with Gasteiger partial charge in [-0.1, -0.05) is 6.07 Å². The minimum atomic E-state index is -3.80. The molecule has 21 heavy (non-hydrogen) atoms. The molecule has 2 aromatic rings. The third kappa shape index (κ3) is 2.38. The summed E-state index contributed by atoms with van der Waals surface area (Å²) in [6, 6.07) is 5.16. The summed E-state index contributed by atoms with van der Waals surface area (Å²) in [6.07, 6.45) is 1.09. The van der Waals surface area contributed by atoms with Crippen LogP contribution in [0, 0.1) is 0 Å². The van der Waals surface area contributed by atoms with Crippen molar-refractivity contribution >= 4 is 21.5 Å². The summed E-state index contributed by atoms with van der Waals surface area (Å²) in [6.45, 7) is 0.326. The molecule has 3 N–H and O–H groups in total.